The number of fused-ring (bicyclic) bond motifs is 1. The van der Waals surface area contributed by atoms with Crippen LogP contribution in [0.4, 0.5) is 0 Å². The predicted molar refractivity (Wildman–Crippen MR) is 118 cm³/mol. The fraction of sp³-hybridized carbons (Fsp3) is 0.208. The highest BCUT2D eigenvalue weighted by molar-refractivity contribution is 7.79. The Bertz CT molecular complexity index is 770. The maximum atomic E-state index is 4.31. The predicted octanol–water partition coefficient (Wildman–Crippen LogP) is 6.07. The zero-order valence-electron chi connectivity index (χ0n) is 15.5. The molecular weight excluding hydrogens is 334 g/mol. The number of rotatable bonds is 5. The summed E-state index contributed by atoms with van der Waals surface area (Å²) in [5, 5.41) is 1.47. The van der Waals surface area contributed by atoms with E-state index in [0.29, 0.717) is 5.92 Å². The zero-order chi connectivity index (χ0) is 18.9. The van der Waals surface area contributed by atoms with Gasteiger partial charge in [-0.1, -0.05) is 93.5 Å². The van der Waals surface area contributed by atoms with Gasteiger partial charge in [-0.3, -0.25) is 0 Å². The average Bonchev–Trinajstić information content (AvgIpc) is 2.72. The van der Waals surface area contributed by atoms with E-state index in [9.17, 15) is 0 Å². The Kier molecular flexibility index (Phi) is 7.55. The molecule has 0 spiro atoms. The van der Waals surface area contributed by atoms with Crippen molar-refractivity contribution in [3.63, 3.8) is 0 Å². The van der Waals surface area contributed by atoms with E-state index in [1.165, 1.54) is 27.6 Å². The Morgan fingerprint density at radius 1 is 1.19 bits per heavy atom. The van der Waals surface area contributed by atoms with E-state index in [1.54, 1.807) is 6.08 Å². The van der Waals surface area contributed by atoms with Crippen LogP contribution < -0.4 is 0 Å². The maximum Gasteiger partial charge on any atom is 0.0432 e. The lowest BCUT2D eigenvalue weighted by Gasteiger charge is -2.37. The highest BCUT2D eigenvalue weighted by atomic mass is 32.1. The van der Waals surface area contributed by atoms with Gasteiger partial charge in [0.15, 0.2) is 0 Å². The summed E-state index contributed by atoms with van der Waals surface area (Å²) in [4.78, 5) is 2.33. The van der Waals surface area contributed by atoms with Crippen LogP contribution in [0.3, 0.4) is 0 Å². The third kappa shape index (κ3) is 4.80. The molecule has 2 aromatic rings. The molecule has 0 unspecified atom stereocenters. The number of thiocarbonyl (C=S) groups is 1. The second-order valence-corrected chi connectivity index (χ2v) is 6.57. The first-order chi connectivity index (χ1) is 12.6. The van der Waals surface area contributed by atoms with Crippen molar-refractivity contribution in [1.29, 1.82) is 0 Å². The van der Waals surface area contributed by atoms with Gasteiger partial charge in [0, 0.05) is 30.1 Å². The molecule has 0 saturated carbocycles. The molecule has 1 aliphatic heterocycles. The number of benzene rings is 2. The first-order valence-corrected chi connectivity index (χ1v) is 9.40. The van der Waals surface area contributed by atoms with E-state index < -0.39 is 0 Å². The van der Waals surface area contributed by atoms with Crippen molar-refractivity contribution < 1.29 is 0 Å². The van der Waals surface area contributed by atoms with Crippen molar-refractivity contribution in [2.75, 3.05) is 6.54 Å². The standard InChI is InChI=1S/C21H23N.C3H4S/c1-4-16(3)22-14-19-12-11-17(5-2)13-20(19)21(15-22)18-9-7-6-8-10-18;1-2-3-4/h4,6-13,21H,1,3,5,14-15H2,2H3;2-3H,1H2/t21-;/m0./s1. The molecule has 26 heavy (non-hydrogen) atoms. The third-order valence-electron chi connectivity index (χ3n) is 4.70. The van der Waals surface area contributed by atoms with E-state index in [-0.39, 0.29) is 0 Å². The second-order valence-electron chi connectivity index (χ2n) is 6.30. The first-order valence-electron chi connectivity index (χ1n) is 8.93. The molecule has 2 heteroatoms. The van der Waals surface area contributed by atoms with Crippen LogP contribution in [0.15, 0.2) is 86.1 Å². The minimum atomic E-state index is 0.396. The number of nitrogens with zero attached hydrogens (tertiary/aromatic N) is 1. The summed E-state index contributed by atoms with van der Waals surface area (Å²) in [6.45, 7) is 15.4. The summed E-state index contributed by atoms with van der Waals surface area (Å²) in [6.07, 6.45) is 4.50. The Labute approximate surface area is 163 Å². The molecule has 0 bridgehead atoms. The molecule has 134 valence electrons. The lowest BCUT2D eigenvalue weighted by Crippen LogP contribution is -2.32. The van der Waals surface area contributed by atoms with Crippen molar-refractivity contribution in [1.82, 2.24) is 4.90 Å². The molecule has 1 nitrogen and oxygen atoms in total. The van der Waals surface area contributed by atoms with Gasteiger partial charge in [0.05, 0.1) is 0 Å². The van der Waals surface area contributed by atoms with Gasteiger partial charge in [-0.25, -0.2) is 0 Å². The summed E-state index contributed by atoms with van der Waals surface area (Å²) < 4.78 is 0. The van der Waals surface area contributed by atoms with E-state index in [0.717, 1.165) is 25.2 Å². The summed E-state index contributed by atoms with van der Waals surface area (Å²) in [6, 6.07) is 17.7. The highest BCUT2D eigenvalue weighted by Crippen LogP contribution is 2.35. The fourth-order valence-electron chi connectivity index (χ4n) is 3.24. The first kappa shape index (κ1) is 19.9. The quantitative estimate of drug-likeness (QED) is 0.361. The summed E-state index contributed by atoms with van der Waals surface area (Å²) in [5.41, 5.74) is 6.67. The topological polar surface area (TPSA) is 3.24 Å². The van der Waals surface area contributed by atoms with Crippen LogP contribution in [-0.2, 0) is 13.0 Å². The van der Waals surface area contributed by atoms with Crippen LogP contribution >= 0.6 is 12.2 Å². The molecule has 0 radical (unpaired) electrons. The number of aryl methyl sites for hydroxylation is 1. The van der Waals surface area contributed by atoms with Crippen molar-refractivity contribution >= 4 is 17.6 Å². The minimum absolute atomic E-state index is 0.396. The lowest BCUT2D eigenvalue weighted by atomic mass is 9.83. The SMILES string of the molecule is C=CC(=C)N1Cc2ccc(CC)cc2[C@H](c2ccccc2)C1.C=CC=S. The van der Waals surface area contributed by atoms with Crippen LogP contribution in [0.5, 0.6) is 0 Å². The molecule has 0 N–H and O–H groups in total. The largest absolute Gasteiger partial charge is 0.367 e. The Balaban J connectivity index is 0.000000552. The van der Waals surface area contributed by atoms with E-state index in [2.05, 4.69) is 92.3 Å². The third-order valence-corrected chi connectivity index (χ3v) is 4.89. The minimum Gasteiger partial charge on any atom is -0.367 e. The molecule has 2 aromatic carbocycles. The zero-order valence-corrected chi connectivity index (χ0v) is 16.3. The summed E-state index contributed by atoms with van der Waals surface area (Å²) >= 11 is 4.31. The van der Waals surface area contributed by atoms with E-state index in [1.807, 2.05) is 6.08 Å². The molecule has 1 aliphatic rings. The number of hydrogen-bond donors (Lipinski definition) is 0. The van der Waals surface area contributed by atoms with E-state index >= 15 is 0 Å². The Morgan fingerprint density at radius 3 is 2.46 bits per heavy atom. The second kappa shape index (κ2) is 9.88. The van der Waals surface area contributed by atoms with Gasteiger partial charge in [-0.05, 0) is 34.8 Å². The average molecular weight is 362 g/mol. The summed E-state index contributed by atoms with van der Waals surface area (Å²) in [5.74, 6) is 0.396. The molecule has 1 heterocycles. The van der Waals surface area contributed by atoms with E-state index in [4.69, 9.17) is 0 Å². The van der Waals surface area contributed by atoms with Gasteiger partial charge in [0.25, 0.3) is 0 Å². The molecule has 0 saturated heterocycles. The van der Waals surface area contributed by atoms with Gasteiger partial charge < -0.3 is 4.90 Å². The number of hydrogen-bond acceptors (Lipinski definition) is 2. The molecule has 0 amide bonds. The highest BCUT2D eigenvalue weighted by Gasteiger charge is 2.26. The van der Waals surface area contributed by atoms with Crippen molar-refractivity contribution in [2.45, 2.75) is 25.8 Å². The smallest absolute Gasteiger partial charge is 0.0432 e. The molecule has 0 aliphatic carbocycles. The molecule has 0 fully saturated rings. The monoisotopic (exact) mass is 361 g/mol. The molecule has 3 rings (SSSR count). The van der Waals surface area contributed by atoms with Crippen molar-refractivity contribution in [2.24, 2.45) is 0 Å². The van der Waals surface area contributed by atoms with Gasteiger partial charge >= 0.3 is 0 Å². The van der Waals surface area contributed by atoms with Crippen LogP contribution in [-0.4, -0.2) is 16.8 Å². The van der Waals surface area contributed by atoms with Gasteiger partial charge in [-0.2, -0.15) is 0 Å². The van der Waals surface area contributed by atoms with Gasteiger partial charge in [0.1, 0.15) is 0 Å². The lowest BCUT2D eigenvalue weighted by molar-refractivity contribution is 0.314. The van der Waals surface area contributed by atoms with Crippen LogP contribution in [0.1, 0.15) is 35.1 Å². The normalized spacial score (nSPS) is 15.1. The van der Waals surface area contributed by atoms with Crippen LogP contribution in [0, 0.1) is 0 Å². The Morgan fingerprint density at radius 2 is 1.88 bits per heavy atom. The number of allylic oxidation sites excluding steroid dienone is 2. The van der Waals surface area contributed by atoms with Gasteiger partial charge in [-0.15, -0.1) is 0 Å². The van der Waals surface area contributed by atoms with Crippen molar-refractivity contribution in [3.8, 4) is 0 Å². The molecule has 0 aromatic heterocycles. The molecular formula is C24H27NS. The Hall–Kier alpha value is -2.45. The fourth-order valence-corrected chi connectivity index (χ4v) is 3.24. The molecule has 1 atom stereocenters. The van der Waals surface area contributed by atoms with Gasteiger partial charge in [0.2, 0.25) is 0 Å². The maximum absolute atomic E-state index is 4.31. The van der Waals surface area contributed by atoms with Crippen molar-refractivity contribution in [3.05, 3.63) is 108 Å². The summed E-state index contributed by atoms with van der Waals surface area (Å²) in [7, 11) is 0. The van der Waals surface area contributed by atoms with Crippen LogP contribution in [0.25, 0.3) is 0 Å². The van der Waals surface area contributed by atoms with Crippen LogP contribution in [0.2, 0.25) is 0 Å².